The van der Waals surface area contributed by atoms with Gasteiger partial charge in [0.25, 0.3) is 0 Å². The van der Waals surface area contributed by atoms with E-state index in [0.29, 0.717) is 17.7 Å². The number of aromatic nitrogens is 2. The van der Waals surface area contributed by atoms with Gasteiger partial charge < -0.3 is 4.42 Å². The summed E-state index contributed by atoms with van der Waals surface area (Å²) in [7, 11) is 0. The average Bonchev–Trinajstić information content (AvgIpc) is 2.53. The molecular weight excluding hydrogens is 200 g/mol. The van der Waals surface area contributed by atoms with Crippen molar-refractivity contribution in [3.05, 3.63) is 11.8 Å². The first-order valence-electron chi connectivity index (χ1n) is 5.28. The molecule has 1 saturated carbocycles. The van der Waals surface area contributed by atoms with E-state index in [9.17, 15) is 0 Å². The third-order valence-electron chi connectivity index (χ3n) is 2.80. The Morgan fingerprint density at radius 2 is 1.86 bits per heavy atom. The van der Waals surface area contributed by atoms with Crippen LogP contribution < -0.4 is 0 Å². The Kier molecular flexibility index (Phi) is 3.40. The van der Waals surface area contributed by atoms with Gasteiger partial charge in [0.05, 0.1) is 0 Å². The number of hydrogen-bond acceptors (Lipinski definition) is 3. The number of nitrogens with zero attached hydrogens (tertiary/aromatic N) is 2. The van der Waals surface area contributed by atoms with Crippen LogP contribution in [0.15, 0.2) is 4.42 Å². The molecule has 1 aliphatic carbocycles. The SMILES string of the molecule is ClCc1nnc(C2CCCCCC2)o1. The van der Waals surface area contributed by atoms with Crippen LogP contribution in [0.4, 0.5) is 0 Å². The largest absolute Gasteiger partial charge is 0.424 e. The fourth-order valence-electron chi connectivity index (χ4n) is 2.01. The second kappa shape index (κ2) is 4.78. The van der Waals surface area contributed by atoms with Crippen LogP contribution >= 0.6 is 11.6 Å². The van der Waals surface area contributed by atoms with Gasteiger partial charge in [0.2, 0.25) is 11.8 Å². The maximum Gasteiger partial charge on any atom is 0.231 e. The van der Waals surface area contributed by atoms with E-state index in [4.69, 9.17) is 16.0 Å². The predicted octanol–water partition coefficient (Wildman–Crippen LogP) is 3.25. The summed E-state index contributed by atoms with van der Waals surface area (Å²) < 4.78 is 5.47. The van der Waals surface area contributed by atoms with Crippen molar-refractivity contribution in [3.8, 4) is 0 Å². The standard InChI is InChI=1S/C10H15ClN2O/c11-7-9-12-13-10(14-9)8-5-3-1-2-4-6-8/h8H,1-7H2. The molecule has 0 saturated heterocycles. The summed E-state index contributed by atoms with van der Waals surface area (Å²) in [4.78, 5) is 0. The summed E-state index contributed by atoms with van der Waals surface area (Å²) in [6, 6.07) is 0. The Bertz CT molecular complexity index is 279. The first-order valence-corrected chi connectivity index (χ1v) is 5.82. The molecular formula is C10H15ClN2O. The third kappa shape index (κ3) is 2.27. The van der Waals surface area contributed by atoms with Crippen molar-refractivity contribution in [2.24, 2.45) is 0 Å². The fraction of sp³-hybridized carbons (Fsp3) is 0.800. The van der Waals surface area contributed by atoms with Crippen molar-refractivity contribution in [1.82, 2.24) is 10.2 Å². The molecule has 0 N–H and O–H groups in total. The zero-order valence-electron chi connectivity index (χ0n) is 8.21. The summed E-state index contributed by atoms with van der Waals surface area (Å²) in [5, 5.41) is 7.94. The van der Waals surface area contributed by atoms with Gasteiger partial charge in [0.1, 0.15) is 5.88 Å². The lowest BCUT2D eigenvalue weighted by Gasteiger charge is -2.07. The van der Waals surface area contributed by atoms with E-state index in [-0.39, 0.29) is 0 Å². The smallest absolute Gasteiger partial charge is 0.231 e. The lowest BCUT2D eigenvalue weighted by Crippen LogP contribution is -1.97. The van der Waals surface area contributed by atoms with Crippen LogP contribution in [0, 0.1) is 0 Å². The zero-order valence-corrected chi connectivity index (χ0v) is 8.96. The van der Waals surface area contributed by atoms with Gasteiger partial charge >= 0.3 is 0 Å². The second-order valence-corrected chi connectivity index (χ2v) is 4.12. The van der Waals surface area contributed by atoms with Gasteiger partial charge in [-0.15, -0.1) is 21.8 Å². The number of halogens is 1. The lowest BCUT2D eigenvalue weighted by molar-refractivity contribution is 0.402. The van der Waals surface area contributed by atoms with Crippen molar-refractivity contribution in [2.45, 2.75) is 50.3 Å². The first kappa shape index (κ1) is 9.97. The Labute approximate surface area is 88.9 Å². The summed E-state index contributed by atoms with van der Waals surface area (Å²) in [5.41, 5.74) is 0. The van der Waals surface area contributed by atoms with Crippen LogP contribution in [0.25, 0.3) is 0 Å². The van der Waals surface area contributed by atoms with Gasteiger partial charge in [0.15, 0.2) is 0 Å². The van der Waals surface area contributed by atoms with Gasteiger partial charge in [-0.1, -0.05) is 25.7 Å². The van der Waals surface area contributed by atoms with Crippen LogP contribution in [-0.4, -0.2) is 10.2 Å². The lowest BCUT2D eigenvalue weighted by atomic mass is 10.0. The molecule has 1 aromatic heterocycles. The molecule has 0 spiro atoms. The van der Waals surface area contributed by atoms with E-state index in [1.807, 2.05) is 0 Å². The molecule has 2 rings (SSSR count). The maximum absolute atomic E-state index is 5.62. The van der Waals surface area contributed by atoms with Crippen LogP contribution in [0.5, 0.6) is 0 Å². The Hall–Kier alpha value is -0.570. The van der Waals surface area contributed by atoms with Gasteiger partial charge in [-0.25, -0.2) is 0 Å². The molecule has 78 valence electrons. The fourth-order valence-corrected chi connectivity index (χ4v) is 2.12. The summed E-state index contributed by atoms with van der Waals surface area (Å²) in [6.45, 7) is 0. The molecule has 14 heavy (non-hydrogen) atoms. The van der Waals surface area contributed by atoms with Crippen LogP contribution in [0.3, 0.4) is 0 Å². The zero-order chi connectivity index (χ0) is 9.80. The Morgan fingerprint density at radius 3 is 2.43 bits per heavy atom. The quantitative estimate of drug-likeness (QED) is 0.561. The summed E-state index contributed by atoms with van der Waals surface area (Å²) >= 11 is 5.62. The van der Waals surface area contributed by atoms with Gasteiger partial charge in [-0.3, -0.25) is 0 Å². The Morgan fingerprint density at radius 1 is 1.14 bits per heavy atom. The maximum atomic E-state index is 5.62. The van der Waals surface area contributed by atoms with E-state index in [0.717, 1.165) is 5.89 Å². The molecule has 0 bridgehead atoms. The van der Waals surface area contributed by atoms with E-state index in [2.05, 4.69) is 10.2 Å². The van der Waals surface area contributed by atoms with E-state index >= 15 is 0 Å². The Balaban J connectivity index is 2.04. The molecule has 1 heterocycles. The molecule has 3 nitrogen and oxygen atoms in total. The van der Waals surface area contributed by atoms with Gasteiger partial charge in [-0.2, -0.15) is 0 Å². The van der Waals surface area contributed by atoms with Crippen molar-refractivity contribution >= 4 is 11.6 Å². The minimum absolute atomic E-state index is 0.319. The van der Waals surface area contributed by atoms with E-state index < -0.39 is 0 Å². The summed E-state index contributed by atoms with van der Waals surface area (Å²) in [6.07, 6.45) is 7.61. The highest BCUT2D eigenvalue weighted by atomic mass is 35.5. The van der Waals surface area contributed by atoms with Crippen LogP contribution in [0.1, 0.15) is 56.2 Å². The molecule has 0 amide bonds. The van der Waals surface area contributed by atoms with Crippen molar-refractivity contribution in [2.75, 3.05) is 0 Å². The van der Waals surface area contributed by atoms with E-state index in [1.165, 1.54) is 38.5 Å². The molecule has 1 aliphatic rings. The molecule has 4 heteroatoms. The van der Waals surface area contributed by atoms with Crippen molar-refractivity contribution in [3.63, 3.8) is 0 Å². The molecule has 0 aliphatic heterocycles. The third-order valence-corrected chi connectivity index (χ3v) is 3.03. The average molecular weight is 215 g/mol. The molecule has 0 atom stereocenters. The highest BCUT2D eigenvalue weighted by Gasteiger charge is 2.19. The second-order valence-electron chi connectivity index (χ2n) is 3.86. The molecule has 0 unspecified atom stereocenters. The summed E-state index contributed by atoms with van der Waals surface area (Å²) in [5.74, 6) is 2.13. The first-order chi connectivity index (χ1) is 6.90. The number of rotatable bonds is 2. The highest BCUT2D eigenvalue weighted by Crippen LogP contribution is 2.30. The molecule has 1 fully saturated rings. The number of hydrogen-bond donors (Lipinski definition) is 0. The number of alkyl halides is 1. The van der Waals surface area contributed by atoms with Crippen molar-refractivity contribution < 1.29 is 4.42 Å². The molecule has 0 radical (unpaired) electrons. The minimum Gasteiger partial charge on any atom is -0.424 e. The van der Waals surface area contributed by atoms with Crippen LogP contribution in [0.2, 0.25) is 0 Å². The highest BCUT2D eigenvalue weighted by molar-refractivity contribution is 6.16. The van der Waals surface area contributed by atoms with Gasteiger partial charge in [-0.05, 0) is 12.8 Å². The topological polar surface area (TPSA) is 38.9 Å². The monoisotopic (exact) mass is 214 g/mol. The van der Waals surface area contributed by atoms with Gasteiger partial charge in [0, 0.05) is 5.92 Å². The van der Waals surface area contributed by atoms with Crippen molar-refractivity contribution in [1.29, 1.82) is 0 Å². The normalized spacial score (nSPS) is 19.5. The van der Waals surface area contributed by atoms with Crippen LogP contribution in [-0.2, 0) is 5.88 Å². The van der Waals surface area contributed by atoms with E-state index in [1.54, 1.807) is 0 Å². The predicted molar refractivity (Wildman–Crippen MR) is 54.3 cm³/mol. The molecule has 1 aromatic rings. The minimum atomic E-state index is 0.319. The molecule has 0 aromatic carbocycles.